The highest BCUT2D eigenvalue weighted by Crippen LogP contribution is 2.41. The van der Waals surface area contributed by atoms with Crippen molar-refractivity contribution in [1.29, 1.82) is 0 Å². The SMILES string of the molecule is COc1cccc(F)c1-c1nc(Cc2ccccc2)oc1-c1ccccc1S(N)(=O)=O. The number of nitrogens with two attached hydrogens (primary N) is 1. The summed E-state index contributed by atoms with van der Waals surface area (Å²) < 4.78 is 50.6. The molecule has 0 saturated heterocycles. The zero-order chi connectivity index (χ0) is 22.0. The number of sulfonamides is 1. The van der Waals surface area contributed by atoms with E-state index in [0.717, 1.165) is 5.56 Å². The molecule has 0 unspecified atom stereocenters. The molecule has 0 aliphatic heterocycles. The number of primary sulfonamides is 1. The largest absolute Gasteiger partial charge is 0.496 e. The van der Waals surface area contributed by atoms with Crippen LogP contribution in [-0.4, -0.2) is 20.5 Å². The molecule has 1 aromatic heterocycles. The van der Waals surface area contributed by atoms with Crippen molar-refractivity contribution in [2.45, 2.75) is 11.3 Å². The fraction of sp³-hybridized carbons (Fsp3) is 0.0870. The van der Waals surface area contributed by atoms with E-state index in [1.165, 1.54) is 25.3 Å². The van der Waals surface area contributed by atoms with Gasteiger partial charge < -0.3 is 9.15 Å². The second-order valence-electron chi connectivity index (χ2n) is 6.81. The van der Waals surface area contributed by atoms with Crippen LogP contribution in [0.1, 0.15) is 11.5 Å². The van der Waals surface area contributed by atoms with E-state index in [4.69, 9.17) is 14.3 Å². The van der Waals surface area contributed by atoms with Crippen LogP contribution in [0.5, 0.6) is 5.75 Å². The lowest BCUT2D eigenvalue weighted by Gasteiger charge is -2.10. The minimum absolute atomic E-state index is 0.0762. The van der Waals surface area contributed by atoms with Crippen LogP contribution in [0.25, 0.3) is 22.6 Å². The molecule has 0 radical (unpaired) electrons. The molecule has 0 aliphatic carbocycles. The first-order chi connectivity index (χ1) is 14.9. The first-order valence-corrected chi connectivity index (χ1v) is 10.9. The van der Waals surface area contributed by atoms with Crippen LogP contribution in [0.4, 0.5) is 4.39 Å². The maximum Gasteiger partial charge on any atom is 0.238 e. The lowest BCUT2D eigenvalue weighted by molar-refractivity contribution is 0.413. The van der Waals surface area contributed by atoms with E-state index in [2.05, 4.69) is 4.98 Å². The first-order valence-electron chi connectivity index (χ1n) is 9.37. The Morgan fingerprint density at radius 1 is 1.00 bits per heavy atom. The molecule has 6 nitrogen and oxygen atoms in total. The number of hydrogen-bond acceptors (Lipinski definition) is 5. The Balaban J connectivity index is 1.97. The number of hydrogen-bond donors (Lipinski definition) is 1. The zero-order valence-electron chi connectivity index (χ0n) is 16.6. The van der Waals surface area contributed by atoms with Crippen molar-refractivity contribution in [2.24, 2.45) is 5.14 Å². The average molecular weight is 438 g/mol. The van der Waals surface area contributed by atoms with Crippen LogP contribution < -0.4 is 9.88 Å². The van der Waals surface area contributed by atoms with Crippen LogP contribution in [-0.2, 0) is 16.4 Å². The van der Waals surface area contributed by atoms with E-state index in [9.17, 15) is 12.8 Å². The molecule has 1 heterocycles. The number of nitrogens with zero attached hydrogens (tertiary/aromatic N) is 1. The Morgan fingerprint density at radius 2 is 1.71 bits per heavy atom. The summed E-state index contributed by atoms with van der Waals surface area (Å²) >= 11 is 0. The number of oxazole rings is 1. The number of halogens is 1. The standard InChI is InChI=1S/C23H19FN2O4S/c1-29-18-12-7-11-17(24)21(18)22-23(16-10-5-6-13-19(16)31(25,27)28)30-20(26-22)14-15-8-3-2-4-9-15/h2-13H,14H2,1H3,(H2,25,27,28). The number of benzene rings is 3. The Kier molecular flexibility index (Phi) is 5.58. The molecule has 0 atom stereocenters. The molecular weight excluding hydrogens is 419 g/mol. The highest BCUT2D eigenvalue weighted by Gasteiger charge is 2.26. The lowest BCUT2D eigenvalue weighted by Crippen LogP contribution is -2.13. The van der Waals surface area contributed by atoms with Gasteiger partial charge in [-0.2, -0.15) is 0 Å². The molecule has 31 heavy (non-hydrogen) atoms. The van der Waals surface area contributed by atoms with Crippen molar-refractivity contribution in [3.8, 4) is 28.3 Å². The third kappa shape index (κ3) is 4.21. The van der Waals surface area contributed by atoms with E-state index in [1.54, 1.807) is 24.3 Å². The Labute approximate surface area is 179 Å². The molecule has 0 fully saturated rings. The van der Waals surface area contributed by atoms with Crippen molar-refractivity contribution in [3.63, 3.8) is 0 Å². The Morgan fingerprint density at radius 3 is 2.42 bits per heavy atom. The quantitative estimate of drug-likeness (QED) is 0.482. The lowest BCUT2D eigenvalue weighted by atomic mass is 10.0. The number of ether oxygens (including phenoxy) is 1. The third-order valence-electron chi connectivity index (χ3n) is 4.74. The average Bonchev–Trinajstić information content (AvgIpc) is 3.16. The number of aromatic nitrogens is 1. The van der Waals surface area contributed by atoms with Gasteiger partial charge in [-0.25, -0.2) is 22.9 Å². The molecule has 2 N–H and O–H groups in total. The van der Waals surface area contributed by atoms with Gasteiger partial charge in [-0.3, -0.25) is 0 Å². The van der Waals surface area contributed by atoms with E-state index < -0.39 is 15.8 Å². The monoisotopic (exact) mass is 438 g/mol. The fourth-order valence-corrected chi connectivity index (χ4v) is 4.10. The summed E-state index contributed by atoms with van der Waals surface area (Å²) in [6, 6.07) is 20.0. The molecule has 0 amide bonds. The highest BCUT2D eigenvalue weighted by molar-refractivity contribution is 7.89. The van der Waals surface area contributed by atoms with Gasteiger partial charge in [0.15, 0.2) is 11.7 Å². The summed E-state index contributed by atoms with van der Waals surface area (Å²) in [5, 5.41) is 5.41. The van der Waals surface area contributed by atoms with Crippen LogP contribution in [0.15, 0.2) is 82.1 Å². The first kappa shape index (κ1) is 20.8. The third-order valence-corrected chi connectivity index (χ3v) is 5.71. The minimum atomic E-state index is -4.07. The number of methoxy groups -OCH3 is 1. The second-order valence-corrected chi connectivity index (χ2v) is 8.34. The summed E-state index contributed by atoms with van der Waals surface area (Å²) in [7, 11) is -2.65. The summed E-state index contributed by atoms with van der Waals surface area (Å²) in [6.07, 6.45) is 0.335. The van der Waals surface area contributed by atoms with E-state index in [-0.39, 0.29) is 33.2 Å². The van der Waals surface area contributed by atoms with Gasteiger partial charge in [0.1, 0.15) is 17.3 Å². The fourth-order valence-electron chi connectivity index (χ4n) is 3.37. The predicted octanol–water partition coefficient (Wildman–Crippen LogP) is 4.39. The van der Waals surface area contributed by atoms with Crippen LogP contribution >= 0.6 is 0 Å². The van der Waals surface area contributed by atoms with Gasteiger partial charge in [-0.1, -0.05) is 48.5 Å². The topological polar surface area (TPSA) is 95.4 Å². The van der Waals surface area contributed by atoms with Crippen LogP contribution in [0, 0.1) is 5.82 Å². The Hall–Kier alpha value is -3.49. The number of rotatable bonds is 6. The van der Waals surface area contributed by atoms with E-state index >= 15 is 0 Å². The maximum atomic E-state index is 14.9. The van der Waals surface area contributed by atoms with Crippen LogP contribution in [0.2, 0.25) is 0 Å². The van der Waals surface area contributed by atoms with Crippen LogP contribution in [0.3, 0.4) is 0 Å². The van der Waals surface area contributed by atoms with Gasteiger partial charge in [-0.05, 0) is 29.8 Å². The molecule has 0 bridgehead atoms. The van der Waals surface area contributed by atoms with Crippen molar-refractivity contribution in [1.82, 2.24) is 4.98 Å². The van der Waals surface area contributed by atoms with Gasteiger partial charge in [0, 0.05) is 12.0 Å². The molecule has 158 valence electrons. The summed E-state index contributed by atoms with van der Waals surface area (Å²) in [5.41, 5.74) is 1.34. The van der Waals surface area contributed by atoms with Crippen molar-refractivity contribution >= 4 is 10.0 Å². The second kappa shape index (κ2) is 8.33. The normalized spacial score (nSPS) is 11.5. The molecule has 3 aromatic carbocycles. The Bertz CT molecular complexity index is 1330. The summed E-state index contributed by atoms with van der Waals surface area (Å²) in [6.45, 7) is 0. The van der Waals surface area contributed by atoms with Gasteiger partial charge in [0.25, 0.3) is 0 Å². The van der Waals surface area contributed by atoms with Gasteiger partial charge >= 0.3 is 0 Å². The maximum absolute atomic E-state index is 14.9. The van der Waals surface area contributed by atoms with Gasteiger partial charge in [-0.15, -0.1) is 0 Å². The zero-order valence-corrected chi connectivity index (χ0v) is 17.4. The molecule has 0 spiro atoms. The molecule has 4 rings (SSSR count). The van der Waals surface area contributed by atoms with Crippen molar-refractivity contribution < 1.29 is 22.0 Å². The van der Waals surface area contributed by atoms with Gasteiger partial charge in [0.05, 0.1) is 17.6 Å². The van der Waals surface area contributed by atoms with Gasteiger partial charge in [0.2, 0.25) is 10.0 Å². The molecule has 0 aliphatic rings. The van der Waals surface area contributed by atoms with Crippen molar-refractivity contribution in [3.05, 3.63) is 90.1 Å². The summed E-state index contributed by atoms with van der Waals surface area (Å²) in [4.78, 5) is 4.38. The van der Waals surface area contributed by atoms with E-state index in [1.807, 2.05) is 30.3 Å². The predicted molar refractivity (Wildman–Crippen MR) is 115 cm³/mol. The van der Waals surface area contributed by atoms with Crippen molar-refractivity contribution in [2.75, 3.05) is 7.11 Å². The minimum Gasteiger partial charge on any atom is -0.496 e. The van der Waals surface area contributed by atoms with E-state index in [0.29, 0.717) is 12.3 Å². The smallest absolute Gasteiger partial charge is 0.238 e. The molecule has 8 heteroatoms. The molecular formula is C23H19FN2O4S. The summed E-state index contributed by atoms with van der Waals surface area (Å²) in [5.74, 6) is 0.0619. The molecule has 0 saturated carbocycles. The molecule has 4 aromatic rings. The highest BCUT2D eigenvalue weighted by atomic mass is 32.2.